The van der Waals surface area contributed by atoms with Gasteiger partial charge < -0.3 is 5.11 Å². The molecule has 0 fully saturated rings. The van der Waals surface area contributed by atoms with E-state index in [9.17, 15) is 4.79 Å². The van der Waals surface area contributed by atoms with Crippen LogP contribution in [0, 0.1) is 0 Å². The lowest BCUT2D eigenvalue weighted by atomic mass is 10.0. The van der Waals surface area contributed by atoms with Crippen LogP contribution in [0.15, 0.2) is 12.4 Å². The molecule has 1 N–H and O–H groups in total. The van der Waals surface area contributed by atoms with Crippen molar-refractivity contribution in [3.8, 4) is 0 Å². The third-order valence-electron chi connectivity index (χ3n) is 5.25. The number of aliphatic carboxylic acids is 1. The Balaban J connectivity index is 1.66. The minimum Gasteiger partial charge on any atom is -0.481 e. The second kappa shape index (κ2) is 18.0. The van der Waals surface area contributed by atoms with Crippen molar-refractivity contribution in [2.45, 2.75) is 122 Å². The number of unbranched alkanes of at least 4 members (excludes halogenated alkanes) is 16. The van der Waals surface area contributed by atoms with Gasteiger partial charge in [0.15, 0.2) is 0 Å². The van der Waals surface area contributed by atoms with Crippen LogP contribution in [0.3, 0.4) is 0 Å². The molecule has 1 aromatic rings. The van der Waals surface area contributed by atoms with Gasteiger partial charge in [-0.25, -0.2) is 0 Å². The summed E-state index contributed by atoms with van der Waals surface area (Å²) in [6, 6.07) is 0. The summed E-state index contributed by atoms with van der Waals surface area (Å²) in [7, 11) is 0. The van der Waals surface area contributed by atoms with Crippen LogP contribution in [0.2, 0.25) is 0 Å². The zero-order chi connectivity index (χ0) is 19.4. The van der Waals surface area contributed by atoms with Crippen LogP contribution < -0.4 is 0 Å². The monoisotopic (exact) mass is 379 g/mol. The van der Waals surface area contributed by atoms with Gasteiger partial charge in [-0.3, -0.25) is 9.48 Å². The standard InChI is InChI=1S/C22H41N3O2/c26-22(27)18-16-14-12-10-8-6-4-2-1-3-5-7-9-11-13-15-17-20-25-21-19-23-24-25/h19,21H,1-18,20H2,(H,26,27). The van der Waals surface area contributed by atoms with E-state index in [4.69, 9.17) is 5.11 Å². The second-order valence-electron chi connectivity index (χ2n) is 7.82. The van der Waals surface area contributed by atoms with E-state index in [1.165, 1.54) is 96.3 Å². The molecule has 0 unspecified atom stereocenters. The molecule has 0 aliphatic carbocycles. The van der Waals surface area contributed by atoms with E-state index in [1.54, 1.807) is 6.20 Å². The Morgan fingerprint density at radius 2 is 1.07 bits per heavy atom. The van der Waals surface area contributed by atoms with E-state index in [0.29, 0.717) is 6.42 Å². The first-order chi connectivity index (χ1) is 13.3. The highest BCUT2D eigenvalue weighted by atomic mass is 16.4. The lowest BCUT2D eigenvalue weighted by molar-refractivity contribution is -0.137. The number of hydrogen-bond donors (Lipinski definition) is 1. The van der Waals surface area contributed by atoms with Crippen molar-refractivity contribution in [3.05, 3.63) is 12.4 Å². The van der Waals surface area contributed by atoms with Crippen molar-refractivity contribution in [2.24, 2.45) is 0 Å². The van der Waals surface area contributed by atoms with Gasteiger partial charge in [-0.05, 0) is 12.8 Å². The minimum absolute atomic E-state index is 0.337. The van der Waals surface area contributed by atoms with E-state index in [1.807, 2.05) is 10.9 Å². The summed E-state index contributed by atoms with van der Waals surface area (Å²) in [6.45, 7) is 1.00. The van der Waals surface area contributed by atoms with Crippen molar-refractivity contribution >= 4 is 5.97 Å². The molecule has 0 bridgehead atoms. The number of aromatic nitrogens is 3. The zero-order valence-electron chi connectivity index (χ0n) is 17.3. The number of hydrogen-bond acceptors (Lipinski definition) is 3. The molecule has 1 aromatic heterocycles. The number of carboxylic acid groups (broad SMARTS) is 1. The number of nitrogens with zero attached hydrogens (tertiary/aromatic N) is 3. The molecule has 0 spiro atoms. The van der Waals surface area contributed by atoms with Gasteiger partial charge in [0, 0.05) is 19.2 Å². The van der Waals surface area contributed by atoms with E-state index in [0.717, 1.165) is 19.4 Å². The van der Waals surface area contributed by atoms with Crippen LogP contribution in [0.25, 0.3) is 0 Å². The third kappa shape index (κ3) is 16.5. The van der Waals surface area contributed by atoms with Gasteiger partial charge >= 0.3 is 5.97 Å². The van der Waals surface area contributed by atoms with Crippen LogP contribution in [0.4, 0.5) is 0 Å². The maximum Gasteiger partial charge on any atom is 0.303 e. The maximum atomic E-state index is 10.4. The van der Waals surface area contributed by atoms with Crippen molar-refractivity contribution in [1.82, 2.24) is 15.0 Å². The minimum atomic E-state index is -0.658. The highest BCUT2D eigenvalue weighted by Crippen LogP contribution is 2.14. The normalized spacial score (nSPS) is 11.1. The SMILES string of the molecule is O=C(O)CCCCCCCCCCCCCCCCCCCn1ccnn1. The molecule has 27 heavy (non-hydrogen) atoms. The number of carbonyl (C=O) groups is 1. The Hall–Kier alpha value is -1.39. The van der Waals surface area contributed by atoms with Gasteiger partial charge in [0.2, 0.25) is 0 Å². The molecule has 0 amide bonds. The summed E-state index contributed by atoms with van der Waals surface area (Å²) >= 11 is 0. The van der Waals surface area contributed by atoms with E-state index < -0.39 is 5.97 Å². The van der Waals surface area contributed by atoms with Crippen molar-refractivity contribution in [1.29, 1.82) is 0 Å². The van der Waals surface area contributed by atoms with Gasteiger partial charge in [0.1, 0.15) is 0 Å². The Kier molecular flexibility index (Phi) is 15.8. The molecule has 5 nitrogen and oxygen atoms in total. The van der Waals surface area contributed by atoms with E-state index in [-0.39, 0.29) is 0 Å². The molecule has 5 heteroatoms. The lowest BCUT2D eigenvalue weighted by Crippen LogP contribution is -1.98. The van der Waals surface area contributed by atoms with Crippen LogP contribution >= 0.6 is 0 Å². The number of rotatable bonds is 20. The topological polar surface area (TPSA) is 68.0 Å². The Morgan fingerprint density at radius 1 is 0.667 bits per heavy atom. The van der Waals surface area contributed by atoms with Crippen LogP contribution in [0.5, 0.6) is 0 Å². The van der Waals surface area contributed by atoms with Crippen LogP contribution in [0.1, 0.15) is 116 Å². The largest absolute Gasteiger partial charge is 0.481 e. The van der Waals surface area contributed by atoms with Crippen molar-refractivity contribution < 1.29 is 9.90 Å². The molecule has 0 aliphatic heterocycles. The van der Waals surface area contributed by atoms with Gasteiger partial charge in [-0.1, -0.05) is 102 Å². The molecule has 0 radical (unpaired) electrons. The first kappa shape index (κ1) is 23.6. The molecule has 0 aliphatic rings. The summed E-state index contributed by atoms with van der Waals surface area (Å²) in [6.07, 6.45) is 26.1. The van der Waals surface area contributed by atoms with E-state index >= 15 is 0 Å². The second-order valence-corrected chi connectivity index (χ2v) is 7.82. The van der Waals surface area contributed by atoms with Gasteiger partial charge in [-0.15, -0.1) is 5.10 Å². The quantitative estimate of drug-likeness (QED) is 0.267. The van der Waals surface area contributed by atoms with Gasteiger partial charge in [0.05, 0.1) is 6.20 Å². The fraction of sp³-hybridized carbons (Fsp3) is 0.864. The average molecular weight is 380 g/mol. The molecule has 0 aromatic carbocycles. The Bertz CT molecular complexity index is 435. The molecular weight excluding hydrogens is 338 g/mol. The fourth-order valence-electron chi connectivity index (χ4n) is 3.55. The average Bonchev–Trinajstić information content (AvgIpc) is 3.17. The third-order valence-corrected chi connectivity index (χ3v) is 5.25. The summed E-state index contributed by atoms with van der Waals surface area (Å²) in [4.78, 5) is 10.4. The Labute approximate surface area is 165 Å². The highest BCUT2D eigenvalue weighted by Gasteiger charge is 1.97. The maximum absolute atomic E-state index is 10.4. The predicted molar refractivity (Wildman–Crippen MR) is 111 cm³/mol. The molecular formula is C22H41N3O2. The molecule has 1 heterocycles. The lowest BCUT2D eigenvalue weighted by Gasteiger charge is -2.04. The number of carboxylic acids is 1. The number of aryl methyl sites for hydroxylation is 1. The van der Waals surface area contributed by atoms with Crippen LogP contribution in [-0.4, -0.2) is 26.1 Å². The fourth-order valence-corrected chi connectivity index (χ4v) is 3.55. The summed E-state index contributed by atoms with van der Waals surface area (Å²) < 4.78 is 1.92. The van der Waals surface area contributed by atoms with Crippen molar-refractivity contribution in [2.75, 3.05) is 0 Å². The molecule has 0 saturated heterocycles. The summed E-state index contributed by atoms with van der Waals surface area (Å²) in [5.74, 6) is -0.658. The molecule has 0 atom stereocenters. The van der Waals surface area contributed by atoms with Crippen molar-refractivity contribution in [3.63, 3.8) is 0 Å². The smallest absolute Gasteiger partial charge is 0.303 e. The van der Waals surface area contributed by atoms with Gasteiger partial charge in [0.25, 0.3) is 0 Å². The van der Waals surface area contributed by atoms with E-state index in [2.05, 4.69) is 10.3 Å². The molecule has 0 saturated carbocycles. The first-order valence-corrected chi connectivity index (χ1v) is 11.3. The summed E-state index contributed by atoms with van der Waals surface area (Å²) in [5.41, 5.74) is 0. The Morgan fingerprint density at radius 3 is 1.44 bits per heavy atom. The zero-order valence-corrected chi connectivity index (χ0v) is 17.3. The van der Waals surface area contributed by atoms with Gasteiger partial charge in [-0.2, -0.15) is 0 Å². The molecule has 156 valence electrons. The highest BCUT2D eigenvalue weighted by molar-refractivity contribution is 5.66. The molecule has 1 rings (SSSR count). The predicted octanol–water partition coefficient (Wildman–Crippen LogP) is 6.38. The van der Waals surface area contributed by atoms with Crippen LogP contribution in [-0.2, 0) is 11.3 Å². The summed E-state index contributed by atoms with van der Waals surface area (Å²) in [5, 5.41) is 16.4. The first-order valence-electron chi connectivity index (χ1n) is 11.3.